The lowest BCUT2D eigenvalue weighted by Gasteiger charge is -2.06. The normalized spacial score (nSPS) is 9.83. The van der Waals surface area contributed by atoms with Gasteiger partial charge in [0.2, 0.25) is 0 Å². The van der Waals surface area contributed by atoms with Crippen LogP contribution in [0, 0.1) is 0 Å². The number of nitrogens with one attached hydrogen (secondary N) is 1. The van der Waals surface area contributed by atoms with Crippen LogP contribution in [0.5, 0.6) is 0 Å². The van der Waals surface area contributed by atoms with Crippen molar-refractivity contribution in [3.8, 4) is 0 Å². The van der Waals surface area contributed by atoms with E-state index in [2.05, 4.69) is 33.9 Å². The molecule has 0 aliphatic rings. The predicted octanol–water partition coefficient (Wildman–Crippen LogP) is 2.68. The molecule has 0 bridgehead atoms. The van der Waals surface area contributed by atoms with Gasteiger partial charge < -0.3 is 5.32 Å². The van der Waals surface area contributed by atoms with Gasteiger partial charge in [0.1, 0.15) is 0 Å². The summed E-state index contributed by atoms with van der Waals surface area (Å²) in [6.45, 7) is 4.81. The molecule has 2 heteroatoms. The maximum Gasteiger partial charge on any atom is 0.0250 e. The Hall–Kier alpha value is -0.600. The van der Waals surface area contributed by atoms with Crippen LogP contribution >= 0.6 is 15.9 Å². The number of likely N-dealkylation sites (N-methyl/N-ethyl adjacent to an activating group) is 1. The predicted molar refractivity (Wildman–Crippen MR) is 57.1 cm³/mol. The zero-order chi connectivity index (χ0) is 8.97. The van der Waals surface area contributed by atoms with E-state index in [1.54, 1.807) is 0 Å². The van der Waals surface area contributed by atoms with Crippen LogP contribution in [0.1, 0.15) is 5.56 Å². The standard InChI is InChI=1S/C10H12BrN/c1-8(7-12-2)9-5-3-4-6-10(9)11/h3-6,12H,1,7H2,2H3. The molecule has 0 aromatic heterocycles. The maximum absolute atomic E-state index is 3.98. The molecular formula is C10H12BrN. The summed E-state index contributed by atoms with van der Waals surface area (Å²) in [4.78, 5) is 0. The van der Waals surface area contributed by atoms with E-state index in [9.17, 15) is 0 Å². The highest BCUT2D eigenvalue weighted by Crippen LogP contribution is 2.21. The molecule has 0 aliphatic heterocycles. The fourth-order valence-electron chi connectivity index (χ4n) is 1.06. The lowest BCUT2D eigenvalue weighted by molar-refractivity contribution is 0.932. The molecule has 1 aromatic rings. The Morgan fingerprint density at radius 1 is 1.50 bits per heavy atom. The Kier molecular flexibility index (Phi) is 3.50. The van der Waals surface area contributed by atoms with Gasteiger partial charge in [-0.1, -0.05) is 40.7 Å². The number of halogens is 1. The van der Waals surface area contributed by atoms with E-state index in [0.717, 1.165) is 16.6 Å². The second-order valence-corrected chi connectivity index (χ2v) is 3.47. The topological polar surface area (TPSA) is 12.0 Å². The van der Waals surface area contributed by atoms with Crippen LogP contribution in [0.4, 0.5) is 0 Å². The van der Waals surface area contributed by atoms with Crippen molar-refractivity contribution in [3.05, 3.63) is 40.9 Å². The van der Waals surface area contributed by atoms with Crippen LogP contribution in [0.15, 0.2) is 35.3 Å². The van der Waals surface area contributed by atoms with Crippen molar-refractivity contribution in [2.75, 3.05) is 13.6 Å². The largest absolute Gasteiger partial charge is 0.316 e. The molecule has 64 valence electrons. The van der Waals surface area contributed by atoms with E-state index in [1.807, 2.05) is 25.2 Å². The number of benzene rings is 1. The van der Waals surface area contributed by atoms with E-state index in [-0.39, 0.29) is 0 Å². The molecule has 0 spiro atoms. The lowest BCUT2D eigenvalue weighted by atomic mass is 10.1. The Bertz CT molecular complexity index is 281. The molecule has 0 aliphatic carbocycles. The molecule has 0 atom stereocenters. The van der Waals surface area contributed by atoms with Gasteiger partial charge in [-0.25, -0.2) is 0 Å². The van der Waals surface area contributed by atoms with Crippen LogP contribution in [-0.4, -0.2) is 13.6 Å². The Morgan fingerprint density at radius 2 is 2.17 bits per heavy atom. The van der Waals surface area contributed by atoms with Gasteiger partial charge in [0.15, 0.2) is 0 Å². The van der Waals surface area contributed by atoms with Crippen molar-refractivity contribution in [3.63, 3.8) is 0 Å². The molecule has 0 fully saturated rings. The van der Waals surface area contributed by atoms with Crippen LogP contribution in [-0.2, 0) is 0 Å². The van der Waals surface area contributed by atoms with Crippen LogP contribution < -0.4 is 5.32 Å². The molecular weight excluding hydrogens is 214 g/mol. The third kappa shape index (κ3) is 2.19. The van der Waals surface area contributed by atoms with Gasteiger partial charge in [-0.2, -0.15) is 0 Å². The molecule has 0 saturated heterocycles. The summed E-state index contributed by atoms with van der Waals surface area (Å²) in [6, 6.07) is 8.10. The summed E-state index contributed by atoms with van der Waals surface area (Å²) in [7, 11) is 1.92. The molecule has 1 nitrogen and oxygen atoms in total. The number of rotatable bonds is 3. The average Bonchev–Trinajstić information content (AvgIpc) is 2.05. The van der Waals surface area contributed by atoms with Gasteiger partial charge in [-0.15, -0.1) is 0 Å². The Labute approximate surface area is 81.6 Å². The maximum atomic E-state index is 3.98. The van der Waals surface area contributed by atoms with Crippen molar-refractivity contribution < 1.29 is 0 Å². The molecule has 0 unspecified atom stereocenters. The van der Waals surface area contributed by atoms with E-state index in [0.29, 0.717) is 0 Å². The van der Waals surface area contributed by atoms with Gasteiger partial charge in [0.25, 0.3) is 0 Å². The monoisotopic (exact) mass is 225 g/mol. The third-order valence-corrected chi connectivity index (χ3v) is 2.34. The minimum atomic E-state index is 0.822. The average molecular weight is 226 g/mol. The van der Waals surface area contributed by atoms with Crippen molar-refractivity contribution in [2.24, 2.45) is 0 Å². The van der Waals surface area contributed by atoms with Gasteiger partial charge in [-0.05, 0) is 24.3 Å². The molecule has 0 saturated carbocycles. The van der Waals surface area contributed by atoms with Crippen molar-refractivity contribution >= 4 is 21.5 Å². The molecule has 12 heavy (non-hydrogen) atoms. The zero-order valence-corrected chi connectivity index (χ0v) is 8.69. The van der Waals surface area contributed by atoms with Crippen LogP contribution in [0.2, 0.25) is 0 Å². The quantitative estimate of drug-likeness (QED) is 0.835. The molecule has 0 radical (unpaired) electrons. The summed E-state index contributed by atoms with van der Waals surface area (Å²) < 4.78 is 1.10. The lowest BCUT2D eigenvalue weighted by Crippen LogP contribution is -2.09. The SMILES string of the molecule is C=C(CNC)c1ccccc1Br. The van der Waals surface area contributed by atoms with Crippen LogP contribution in [0.25, 0.3) is 5.57 Å². The first-order valence-electron chi connectivity index (χ1n) is 3.83. The minimum absolute atomic E-state index is 0.822. The first-order valence-corrected chi connectivity index (χ1v) is 4.62. The molecule has 1 aromatic carbocycles. The molecule has 0 heterocycles. The van der Waals surface area contributed by atoms with E-state index >= 15 is 0 Å². The first kappa shape index (κ1) is 9.49. The number of hydrogen-bond donors (Lipinski definition) is 1. The summed E-state index contributed by atoms with van der Waals surface area (Å²) >= 11 is 3.48. The van der Waals surface area contributed by atoms with Crippen molar-refractivity contribution in [1.82, 2.24) is 5.32 Å². The van der Waals surface area contributed by atoms with Crippen molar-refractivity contribution in [2.45, 2.75) is 0 Å². The molecule has 1 N–H and O–H groups in total. The summed E-state index contributed by atoms with van der Waals surface area (Å²) in [5.74, 6) is 0. The van der Waals surface area contributed by atoms with Crippen molar-refractivity contribution in [1.29, 1.82) is 0 Å². The smallest absolute Gasteiger partial charge is 0.0250 e. The van der Waals surface area contributed by atoms with Gasteiger partial charge in [0, 0.05) is 11.0 Å². The highest BCUT2D eigenvalue weighted by Gasteiger charge is 2.00. The van der Waals surface area contributed by atoms with Gasteiger partial charge >= 0.3 is 0 Å². The Morgan fingerprint density at radius 3 is 2.75 bits per heavy atom. The third-order valence-electron chi connectivity index (χ3n) is 1.64. The molecule has 1 rings (SSSR count). The van der Waals surface area contributed by atoms with E-state index < -0.39 is 0 Å². The second kappa shape index (κ2) is 4.43. The summed E-state index contributed by atoms with van der Waals surface area (Å²) in [6.07, 6.45) is 0. The second-order valence-electron chi connectivity index (χ2n) is 2.61. The van der Waals surface area contributed by atoms with Gasteiger partial charge in [0.05, 0.1) is 0 Å². The number of hydrogen-bond acceptors (Lipinski definition) is 1. The highest BCUT2D eigenvalue weighted by molar-refractivity contribution is 9.10. The fourth-order valence-corrected chi connectivity index (χ4v) is 1.62. The minimum Gasteiger partial charge on any atom is -0.316 e. The van der Waals surface area contributed by atoms with E-state index in [1.165, 1.54) is 5.56 Å². The van der Waals surface area contributed by atoms with Gasteiger partial charge in [-0.3, -0.25) is 0 Å². The Balaban J connectivity index is 2.87. The zero-order valence-electron chi connectivity index (χ0n) is 7.10. The highest BCUT2D eigenvalue weighted by atomic mass is 79.9. The summed E-state index contributed by atoms with van der Waals surface area (Å²) in [5, 5.41) is 3.07. The van der Waals surface area contributed by atoms with E-state index in [4.69, 9.17) is 0 Å². The summed E-state index contributed by atoms with van der Waals surface area (Å²) in [5.41, 5.74) is 2.27. The van der Waals surface area contributed by atoms with Crippen LogP contribution in [0.3, 0.4) is 0 Å². The molecule has 0 amide bonds. The fraction of sp³-hybridized carbons (Fsp3) is 0.200. The first-order chi connectivity index (χ1) is 5.75.